The maximum atomic E-state index is 13.3. The molecule has 0 radical (unpaired) electrons. The highest BCUT2D eigenvalue weighted by Gasteiger charge is 2.17. The zero-order valence-corrected chi connectivity index (χ0v) is 10.0. The zero-order valence-electron chi connectivity index (χ0n) is 10.0. The smallest absolute Gasteiger partial charge is 0.137 e. The summed E-state index contributed by atoms with van der Waals surface area (Å²) in [6.07, 6.45) is 0. The fourth-order valence-corrected chi connectivity index (χ4v) is 2.01. The average Bonchev–Trinajstić information content (AvgIpc) is 2.56. The van der Waals surface area contributed by atoms with E-state index in [-0.39, 0.29) is 11.9 Å². The van der Waals surface area contributed by atoms with Gasteiger partial charge in [0.15, 0.2) is 0 Å². The molecule has 2 aromatic rings. The zero-order chi connectivity index (χ0) is 11.9. The molecule has 0 spiro atoms. The van der Waals surface area contributed by atoms with Crippen molar-refractivity contribution >= 4 is 11.0 Å². The number of rotatable bonds is 2. The van der Waals surface area contributed by atoms with Crippen molar-refractivity contribution in [2.75, 3.05) is 7.05 Å². The highest BCUT2D eigenvalue weighted by atomic mass is 19.1. The molecule has 0 aliphatic rings. The maximum Gasteiger partial charge on any atom is 0.137 e. The molecule has 1 unspecified atom stereocenters. The third kappa shape index (κ3) is 1.61. The third-order valence-corrected chi connectivity index (χ3v) is 3.05. The Morgan fingerprint density at radius 3 is 2.62 bits per heavy atom. The number of fused-ring (bicyclic) bond motifs is 1. The predicted octanol–water partition coefficient (Wildman–Crippen LogP) is 3.47. The first-order valence-corrected chi connectivity index (χ1v) is 5.41. The maximum absolute atomic E-state index is 13.3. The molecule has 0 fully saturated rings. The lowest BCUT2D eigenvalue weighted by molar-refractivity contribution is 0.470. The molecule has 1 heterocycles. The first-order valence-electron chi connectivity index (χ1n) is 5.41. The summed E-state index contributed by atoms with van der Waals surface area (Å²) >= 11 is 0. The van der Waals surface area contributed by atoms with Gasteiger partial charge in [-0.3, -0.25) is 0 Å². The van der Waals surface area contributed by atoms with Gasteiger partial charge in [0.25, 0.3) is 0 Å². The summed E-state index contributed by atoms with van der Waals surface area (Å²) in [6.45, 7) is 5.85. The molecule has 0 aliphatic heterocycles. The van der Waals surface area contributed by atoms with Gasteiger partial charge < -0.3 is 9.73 Å². The Bertz CT molecular complexity index is 530. The van der Waals surface area contributed by atoms with Crippen molar-refractivity contribution in [1.29, 1.82) is 0 Å². The molecule has 1 N–H and O–H groups in total. The third-order valence-electron chi connectivity index (χ3n) is 3.05. The van der Waals surface area contributed by atoms with E-state index in [2.05, 4.69) is 5.32 Å². The van der Waals surface area contributed by atoms with Crippen LogP contribution in [0, 0.1) is 19.7 Å². The van der Waals surface area contributed by atoms with Crippen LogP contribution in [0.1, 0.15) is 29.9 Å². The number of aryl methyl sites for hydroxylation is 2. The van der Waals surface area contributed by atoms with E-state index >= 15 is 0 Å². The molecular weight excluding hydrogens is 205 g/mol. The van der Waals surface area contributed by atoms with Crippen molar-refractivity contribution in [2.45, 2.75) is 26.8 Å². The minimum absolute atomic E-state index is 0.134. The van der Waals surface area contributed by atoms with Crippen LogP contribution >= 0.6 is 0 Å². The molecule has 1 atom stereocenters. The Morgan fingerprint density at radius 2 is 2.00 bits per heavy atom. The molecule has 3 heteroatoms. The summed E-state index contributed by atoms with van der Waals surface area (Å²) in [6, 6.07) is 3.17. The van der Waals surface area contributed by atoms with E-state index in [1.54, 1.807) is 0 Å². The molecule has 0 aliphatic carbocycles. The van der Waals surface area contributed by atoms with Crippen molar-refractivity contribution in [3.63, 3.8) is 0 Å². The van der Waals surface area contributed by atoms with Crippen LogP contribution < -0.4 is 5.32 Å². The lowest BCUT2D eigenvalue weighted by Crippen LogP contribution is -2.12. The topological polar surface area (TPSA) is 25.2 Å². The molecule has 2 nitrogen and oxygen atoms in total. The van der Waals surface area contributed by atoms with Crippen LogP contribution in [0.15, 0.2) is 16.5 Å². The summed E-state index contributed by atoms with van der Waals surface area (Å²) in [5.41, 5.74) is 2.64. The molecule has 2 rings (SSSR count). The predicted molar refractivity (Wildman–Crippen MR) is 63.1 cm³/mol. The normalized spacial score (nSPS) is 13.3. The first kappa shape index (κ1) is 11.1. The average molecular weight is 221 g/mol. The van der Waals surface area contributed by atoms with Gasteiger partial charge in [0, 0.05) is 10.9 Å². The largest absolute Gasteiger partial charge is 0.459 e. The Balaban J connectivity index is 2.72. The van der Waals surface area contributed by atoms with E-state index in [4.69, 9.17) is 4.42 Å². The van der Waals surface area contributed by atoms with E-state index in [9.17, 15) is 4.39 Å². The highest BCUT2D eigenvalue weighted by molar-refractivity contribution is 5.84. The lowest BCUT2D eigenvalue weighted by Gasteiger charge is -2.06. The number of hydrogen-bond acceptors (Lipinski definition) is 2. The molecule has 0 amide bonds. The van der Waals surface area contributed by atoms with Gasteiger partial charge in [-0.25, -0.2) is 4.39 Å². The van der Waals surface area contributed by atoms with Crippen LogP contribution in [0.4, 0.5) is 4.39 Å². The molecule has 0 saturated carbocycles. The first-order chi connectivity index (χ1) is 7.54. The van der Waals surface area contributed by atoms with Gasteiger partial charge in [-0.2, -0.15) is 0 Å². The van der Waals surface area contributed by atoms with Gasteiger partial charge in [-0.05, 0) is 45.5 Å². The van der Waals surface area contributed by atoms with E-state index < -0.39 is 0 Å². The molecular formula is C13H16FNO. The minimum atomic E-state index is -0.211. The van der Waals surface area contributed by atoms with E-state index in [0.29, 0.717) is 0 Å². The number of nitrogens with one attached hydrogen (secondary N) is 1. The Morgan fingerprint density at radius 1 is 1.31 bits per heavy atom. The molecule has 16 heavy (non-hydrogen) atoms. The second-order valence-electron chi connectivity index (χ2n) is 4.20. The monoisotopic (exact) mass is 221 g/mol. The fraction of sp³-hybridized carbons (Fsp3) is 0.385. The molecule has 86 valence electrons. The number of halogens is 1. The lowest BCUT2D eigenvalue weighted by atomic mass is 10.1. The molecule has 0 bridgehead atoms. The van der Waals surface area contributed by atoms with Gasteiger partial charge in [-0.1, -0.05) is 0 Å². The molecule has 1 aromatic heterocycles. The van der Waals surface area contributed by atoms with Gasteiger partial charge >= 0.3 is 0 Å². The number of furan rings is 1. The summed E-state index contributed by atoms with van der Waals surface area (Å²) in [5.74, 6) is 0.670. The molecule has 0 saturated heterocycles. The van der Waals surface area contributed by atoms with Gasteiger partial charge in [0.1, 0.15) is 17.2 Å². The Hall–Kier alpha value is -1.35. The number of hydrogen-bond donors (Lipinski definition) is 1. The fourth-order valence-electron chi connectivity index (χ4n) is 2.01. The summed E-state index contributed by atoms with van der Waals surface area (Å²) in [7, 11) is 1.88. The van der Waals surface area contributed by atoms with Crippen molar-refractivity contribution in [2.24, 2.45) is 0 Å². The van der Waals surface area contributed by atoms with Crippen molar-refractivity contribution in [3.8, 4) is 0 Å². The van der Waals surface area contributed by atoms with E-state index in [1.807, 2.05) is 27.8 Å². The van der Waals surface area contributed by atoms with Crippen LogP contribution in [0.5, 0.6) is 0 Å². The second kappa shape index (κ2) is 3.91. The van der Waals surface area contributed by atoms with Crippen LogP contribution in [0.3, 0.4) is 0 Å². The van der Waals surface area contributed by atoms with Crippen LogP contribution in [0.25, 0.3) is 11.0 Å². The van der Waals surface area contributed by atoms with E-state index in [0.717, 1.165) is 27.9 Å². The van der Waals surface area contributed by atoms with Crippen molar-refractivity contribution in [1.82, 2.24) is 5.32 Å². The molecule has 1 aromatic carbocycles. The van der Waals surface area contributed by atoms with Crippen LogP contribution in [-0.2, 0) is 0 Å². The van der Waals surface area contributed by atoms with Gasteiger partial charge in [0.05, 0.1) is 6.04 Å². The quantitative estimate of drug-likeness (QED) is 0.840. The second-order valence-corrected chi connectivity index (χ2v) is 4.20. The van der Waals surface area contributed by atoms with Crippen molar-refractivity contribution < 1.29 is 8.81 Å². The van der Waals surface area contributed by atoms with Gasteiger partial charge in [0.2, 0.25) is 0 Å². The summed E-state index contributed by atoms with van der Waals surface area (Å²) in [5, 5.41) is 4.00. The van der Waals surface area contributed by atoms with E-state index in [1.165, 1.54) is 12.1 Å². The standard InChI is InChI=1S/C13H16FNO/c1-7-5-10(14)6-11-8(2)13(9(3)15-4)16-12(7)11/h5-6,9,15H,1-4H3. The Labute approximate surface area is 94.4 Å². The SMILES string of the molecule is CNC(C)c1oc2c(C)cc(F)cc2c1C. The minimum Gasteiger partial charge on any atom is -0.459 e. The highest BCUT2D eigenvalue weighted by Crippen LogP contribution is 2.31. The van der Waals surface area contributed by atoms with Crippen LogP contribution in [0.2, 0.25) is 0 Å². The summed E-state index contributed by atoms with van der Waals surface area (Å²) in [4.78, 5) is 0. The summed E-state index contributed by atoms with van der Waals surface area (Å²) < 4.78 is 19.1. The Kier molecular flexibility index (Phi) is 2.72. The van der Waals surface area contributed by atoms with Crippen LogP contribution in [-0.4, -0.2) is 7.05 Å². The van der Waals surface area contributed by atoms with Crippen molar-refractivity contribution in [3.05, 3.63) is 34.8 Å². The number of benzene rings is 1. The van der Waals surface area contributed by atoms with Gasteiger partial charge in [-0.15, -0.1) is 0 Å².